The molecule has 1 saturated carbocycles. The van der Waals surface area contributed by atoms with Gasteiger partial charge in [-0.1, -0.05) is 46.0 Å². The van der Waals surface area contributed by atoms with Crippen LogP contribution in [0.3, 0.4) is 0 Å². The minimum absolute atomic E-state index is 0.935. The minimum atomic E-state index is 0.935. The van der Waals surface area contributed by atoms with Crippen LogP contribution in [0.25, 0.3) is 0 Å². The molecule has 1 aliphatic rings. The summed E-state index contributed by atoms with van der Waals surface area (Å²) in [5.74, 6) is 4.99. The number of rotatable bonds is 1. The van der Waals surface area contributed by atoms with E-state index in [4.69, 9.17) is 4.48 Å². The lowest BCUT2D eigenvalue weighted by atomic mass is 9.82. The van der Waals surface area contributed by atoms with E-state index in [0.717, 1.165) is 11.8 Å². The summed E-state index contributed by atoms with van der Waals surface area (Å²) in [5, 5.41) is 0. The van der Waals surface area contributed by atoms with Crippen LogP contribution in [0, 0.1) is 11.8 Å². The molecule has 0 radical (unpaired) electrons. The summed E-state index contributed by atoms with van der Waals surface area (Å²) in [6, 6.07) is 0. The van der Waals surface area contributed by atoms with Crippen LogP contribution in [0.1, 0.15) is 46.0 Å². The maximum absolute atomic E-state index is 9.00. The Bertz CT molecular complexity index is 77.6. The van der Waals surface area contributed by atoms with Crippen LogP contribution in [0.4, 0.5) is 4.48 Å². The summed E-state index contributed by atoms with van der Waals surface area (Å²) in [5.41, 5.74) is 0. The number of hydrogen-bond donors (Lipinski definition) is 1. The van der Waals surface area contributed by atoms with Gasteiger partial charge in [-0.05, 0) is 11.8 Å². The second-order valence-corrected chi connectivity index (χ2v) is 3.64. The highest BCUT2D eigenvalue weighted by Crippen LogP contribution is 2.29. The van der Waals surface area contributed by atoms with Crippen molar-refractivity contribution in [2.75, 3.05) is 0 Å². The fraction of sp³-hybridized carbons (Fsp3) is 1.00. The molecular formula is C9H20FN. The Morgan fingerprint density at radius 2 is 1.55 bits per heavy atom. The Balaban J connectivity index is 0.000000461. The molecule has 0 unspecified atom stereocenters. The van der Waals surface area contributed by atoms with Gasteiger partial charge in [-0.25, -0.2) is 0 Å². The lowest BCUT2D eigenvalue weighted by Crippen LogP contribution is -2.12. The van der Waals surface area contributed by atoms with Crippen molar-refractivity contribution < 1.29 is 4.48 Å². The maximum atomic E-state index is 9.00. The molecule has 1 rings (SSSR count). The highest BCUT2D eigenvalue weighted by atomic mass is 19.2. The normalized spacial score (nSPS) is 19.4. The van der Waals surface area contributed by atoms with Gasteiger partial charge in [-0.15, -0.1) is 4.48 Å². The second-order valence-electron chi connectivity index (χ2n) is 3.64. The first-order valence-corrected chi connectivity index (χ1v) is 4.52. The van der Waals surface area contributed by atoms with Crippen molar-refractivity contribution in [3.8, 4) is 0 Å². The van der Waals surface area contributed by atoms with Crippen LogP contribution in [0.15, 0.2) is 0 Å². The lowest BCUT2D eigenvalue weighted by molar-refractivity contribution is 0.279. The van der Waals surface area contributed by atoms with E-state index in [1.54, 1.807) is 0 Å². The molecule has 0 aliphatic heterocycles. The van der Waals surface area contributed by atoms with Gasteiger partial charge in [-0.2, -0.15) is 5.96 Å². The second kappa shape index (κ2) is 6.59. The van der Waals surface area contributed by atoms with Gasteiger partial charge < -0.3 is 0 Å². The SMILES string of the molecule is CC(C)C1CCCCC1.NF. The first kappa shape index (κ1) is 10.9. The van der Waals surface area contributed by atoms with Crippen molar-refractivity contribution >= 4 is 0 Å². The highest BCUT2D eigenvalue weighted by molar-refractivity contribution is 4.67. The molecule has 0 aromatic carbocycles. The molecule has 0 heterocycles. The van der Waals surface area contributed by atoms with E-state index in [1.165, 1.54) is 32.1 Å². The third-order valence-electron chi connectivity index (χ3n) is 2.59. The summed E-state index contributed by atoms with van der Waals surface area (Å²) >= 11 is 0. The zero-order valence-electron chi connectivity index (χ0n) is 7.65. The van der Waals surface area contributed by atoms with E-state index in [2.05, 4.69) is 19.8 Å². The third-order valence-corrected chi connectivity index (χ3v) is 2.59. The fourth-order valence-corrected chi connectivity index (χ4v) is 1.80. The molecule has 1 aliphatic carbocycles. The van der Waals surface area contributed by atoms with Crippen LogP contribution >= 0.6 is 0 Å². The minimum Gasteiger partial charge on any atom is -0.172 e. The number of hydrogen-bond acceptors (Lipinski definition) is 1. The van der Waals surface area contributed by atoms with Gasteiger partial charge >= 0.3 is 0 Å². The monoisotopic (exact) mass is 161 g/mol. The molecule has 0 aromatic heterocycles. The van der Waals surface area contributed by atoms with Gasteiger partial charge in [0.2, 0.25) is 0 Å². The number of halogens is 1. The zero-order chi connectivity index (χ0) is 8.69. The van der Waals surface area contributed by atoms with Crippen molar-refractivity contribution in [3.63, 3.8) is 0 Å². The van der Waals surface area contributed by atoms with Crippen LogP contribution < -0.4 is 5.96 Å². The Hall–Kier alpha value is -0.110. The quantitative estimate of drug-likeness (QED) is 0.588. The van der Waals surface area contributed by atoms with E-state index < -0.39 is 0 Å². The molecule has 68 valence electrons. The first-order valence-electron chi connectivity index (χ1n) is 4.52. The molecular weight excluding hydrogens is 141 g/mol. The Morgan fingerprint density at radius 1 is 1.09 bits per heavy atom. The molecule has 1 fully saturated rings. The van der Waals surface area contributed by atoms with Crippen LogP contribution in [-0.4, -0.2) is 0 Å². The number of nitrogens with two attached hydrogens (primary N) is 1. The Labute approximate surface area is 69.1 Å². The summed E-state index contributed by atoms with van der Waals surface area (Å²) in [6.07, 6.45) is 7.46. The van der Waals surface area contributed by atoms with Crippen molar-refractivity contribution in [3.05, 3.63) is 0 Å². The van der Waals surface area contributed by atoms with Crippen molar-refractivity contribution in [1.82, 2.24) is 0 Å². The van der Waals surface area contributed by atoms with Crippen molar-refractivity contribution in [2.45, 2.75) is 46.0 Å². The van der Waals surface area contributed by atoms with Crippen LogP contribution in [0.5, 0.6) is 0 Å². The fourth-order valence-electron chi connectivity index (χ4n) is 1.80. The van der Waals surface area contributed by atoms with E-state index in [-0.39, 0.29) is 0 Å². The molecule has 0 bridgehead atoms. The van der Waals surface area contributed by atoms with E-state index in [1.807, 2.05) is 0 Å². The largest absolute Gasteiger partial charge is 0.172 e. The van der Waals surface area contributed by atoms with Gasteiger partial charge in [0.25, 0.3) is 0 Å². The van der Waals surface area contributed by atoms with Gasteiger partial charge in [0, 0.05) is 0 Å². The van der Waals surface area contributed by atoms with E-state index in [9.17, 15) is 0 Å². The van der Waals surface area contributed by atoms with Crippen molar-refractivity contribution in [1.29, 1.82) is 0 Å². The molecule has 0 atom stereocenters. The predicted octanol–water partition coefficient (Wildman–Crippen LogP) is 3.05. The molecule has 1 nitrogen and oxygen atoms in total. The molecule has 2 heteroatoms. The molecule has 2 N–H and O–H groups in total. The first-order chi connectivity index (χ1) is 5.30. The van der Waals surface area contributed by atoms with Gasteiger partial charge in [0.15, 0.2) is 0 Å². The van der Waals surface area contributed by atoms with Crippen LogP contribution in [-0.2, 0) is 0 Å². The lowest BCUT2D eigenvalue weighted by Gasteiger charge is -2.24. The summed E-state index contributed by atoms with van der Waals surface area (Å²) in [6.45, 7) is 4.71. The molecule has 0 amide bonds. The van der Waals surface area contributed by atoms with Crippen LogP contribution in [0.2, 0.25) is 0 Å². The van der Waals surface area contributed by atoms with Crippen molar-refractivity contribution in [2.24, 2.45) is 17.8 Å². The standard InChI is InChI=1S/C9H18.FH2N/c1-8(2)9-6-4-3-5-7-9;1-2/h8-9H,3-7H2,1-2H3;2H2. The third kappa shape index (κ3) is 4.35. The topological polar surface area (TPSA) is 26.0 Å². The molecule has 11 heavy (non-hydrogen) atoms. The predicted molar refractivity (Wildman–Crippen MR) is 46.7 cm³/mol. The van der Waals surface area contributed by atoms with E-state index >= 15 is 0 Å². The summed E-state index contributed by atoms with van der Waals surface area (Å²) in [4.78, 5) is 0. The van der Waals surface area contributed by atoms with E-state index in [0.29, 0.717) is 0 Å². The highest BCUT2D eigenvalue weighted by Gasteiger charge is 2.15. The Morgan fingerprint density at radius 3 is 1.82 bits per heavy atom. The van der Waals surface area contributed by atoms with Gasteiger partial charge in [0.05, 0.1) is 0 Å². The maximum Gasteiger partial charge on any atom is -0.0391 e. The van der Waals surface area contributed by atoms with Gasteiger partial charge in [0.1, 0.15) is 0 Å². The average molecular weight is 161 g/mol. The zero-order valence-corrected chi connectivity index (χ0v) is 7.65. The van der Waals surface area contributed by atoms with Gasteiger partial charge in [-0.3, -0.25) is 0 Å². The summed E-state index contributed by atoms with van der Waals surface area (Å²) < 4.78 is 9.00. The average Bonchev–Trinajstić information content (AvgIpc) is 2.10. The smallest absolute Gasteiger partial charge is 0.0391 e. The molecule has 0 spiro atoms. The molecule has 0 saturated heterocycles. The molecule has 0 aromatic rings. The summed E-state index contributed by atoms with van der Waals surface area (Å²) in [7, 11) is 0. The Kier molecular flexibility index (Phi) is 6.52.